The molecule has 0 saturated heterocycles. The van der Waals surface area contributed by atoms with Crippen LogP contribution in [-0.4, -0.2) is 20.4 Å². The predicted molar refractivity (Wildman–Crippen MR) is 118 cm³/mol. The summed E-state index contributed by atoms with van der Waals surface area (Å²) in [7, 11) is 0. The van der Waals surface area contributed by atoms with E-state index in [1.807, 2.05) is 25.1 Å². The molecule has 152 valence electrons. The van der Waals surface area contributed by atoms with Gasteiger partial charge in [-0.2, -0.15) is 0 Å². The second-order valence-electron chi connectivity index (χ2n) is 6.70. The first-order valence-electron chi connectivity index (χ1n) is 9.25. The quantitative estimate of drug-likeness (QED) is 0.404. The monoisotopic (exact) mass is 440 g/mol. The number of thioether (sulfide) groups is 1. The van der Waals surface area contributed by atoms with Gasteiger partial charge in [-0.25, -0.2) is 14.4 Å². The molecule has 1 amide bonds. The van der Waals surface area contributed by atoms with Crippen LogP contribution in [0.1, 0.15) is 11.1 Å². The Kier molecular flexibility index (Phi) is 6.01. The standard InChI is InChI=1S/C22H18ClFN4OS/c1-14-17(23)4-2-5-18(14)26-20(29)12-28-21-19(6-3-11-25-21)27-22(28)30-13-15-7-9-16(24)10-8-15/h2-11H,12-13H2,1H3,(H,26,29). The molecule has 0 aliphatic carbocycles. The number of pyridine rings is 1. The number of nitrogens with zero attached hydrogens (tertiary/aromatic N) is 3. The van der Waals surface area contributed by atoms with Crippen molar-refractivity contribution in [3.05, 3.63) is 82.8 Å². The molecule has 0 spiro atoms. The lowest BCUT2D eigenvalue weighted by molar-refractivity contribution is -0.116. The third-order valence-corrected chi connectivity index (χ3v) is 6.05. The Hall–Kier alpha value is -2.90. The number of nitrogens with one attached hydrogen (secondary N) is 1. The van der Waals surface area contributed by atoms with Gasteiger partial charge in [-0.3, -0.25) is 9.36 Å². The van der Waals surface area contributed by atoms with Crippen molar-refractivity contribution in [3.63, 3.8) is 0 Å². The largest absolute Gasteiger partial charge is 0.324 e. The van der Waals surface area contributed by atoms with Gasteiger partial charge in [0.2, 0.25) is 5.91 Å². The molecule has 0 radical (unpaired) electrons. The molecule has 30 heavy (non-hydrogen) atoms. The minimum absolute atomic E-state index is 0.0607. The SMILES string of the molecule is Cc1c(Cl)cccc1NC(=O)Cn1c(SCc2ccc(F)cc2)nc2cccnc21. The number of halogens is 2. The van der Waals surface area contributed by atoms with Crippen LogP contribution in [0, 0.1) is 12.7 Å². The molecule has 0 atom stereocenters. The molecule has 0 aliphatic heterocycles. The van der Waals surface area contributed by atoms with Crippen LogP contribution >= 0.6 is 23.4 Å². The lowest BCUT2D eigenvalue weighted by atomic mass is 10.2. The normalized spacial score (nSPS) is 11.0. The van der Waals surface area contributed by atoms with E-state index < -0.39 is 0 Å². The molecule has 8 heteroatoms. The number of anilines is 1. The van der Waals surface area contributed by atoms with Gasteiger partial charge in [0, 0.05) is 22.7 Å². The first-order chi connectivity index (χ1) is 14.5. The van der Waals surface area contributed by atoms with Gasteiger partial charge in [0.15, 0.2) is 10.8 Å². The molecule has 4 rings (SSSR count). The average molecular weight is 441 g/mol. The number of rotatable bonds is 6. The predicted octanol–water partition coefficient (Wildman–Crippen LogP) is 5.46. The molecule has 0 fully saturated rings. The van der Waals surface area contributed by atoms with E-state index in [9.17, 15) is 9.18 Å². The van der Waals surface area contributed by atoms with Gasteiger partial charge in [-0.15, -0.1) is 0 Å². The molecule has 0 saturated carbocycles. The first kappa shape index (κ1) is 20.4. The van der Waals surface area contributed by atoms with Crippen molar-refractivity contribution < 1.29 is 9.18 Å². The minimum Gasteiger partial charge on any atom is -0.324 e. The van der Waals surface area contributed by atoms with Crippen LogP contribution in [0.15, 0.2) is 66.0 Å². The topological polar surface area (TPSA) is 59.8 Å². The maximum Gasteiger partial charge on any atom is 0.244 e. The summed E-state index contributed by atoms with van der Waals surface area (Å²) in [5.74, 6) is 0.126. The van der Waals surface area contributed by atoms with Crippen LogP contribution < -0.4 is 5.32 Å². The van der Waals surface area contributed by atoms with E-state index in [0.29, 0.717) is 32.8 Å². The van der Waals surface area contributed by atoms with E-state index in [4.69, 9.17) is 11.6 Å². The van der Waals surface area contributed by atoms with Crippen molar-refractivity contribution >= 4 is 46.1 Å². The number of hydrogen-bond donors (Lipinski definition) is 1. The van der Waals surface area contributed by atoms with Gasteiger partial charge in [-0.05, 0) is 54.4 Å². The number of hydrogen-bond acceptors (Lipinski definition) is 4. The Balaban J connectivity index is 1.57. The van der Waals surface area contributed by atoms with Gasteiger partial charge in [0.05, 0.1) is 0 Å². The Labute approximate surface area is 182 Å². The highest BCUT2D eigenvalue weighted by Gasteiger charge is 2.16. The highest BCUT2D eigenvalue weighted by atomic mass is 35.5. The molecule has 5 nitrogen and oxygen atoms in total. The van der Waals surface area contributed by atoms with Crippen molar-refractivity contribution in [1.29, 1.82) is 0 Å². The molecule has 4 aromatic rings. The smallest absolute Gasteiger partial charge is 0.244 e. The first-order valence-corrected chi connectivity index (χ1v) is 10.6. The number of aromatic nitrogens is 3. The average Bonchev–Trinajstić information content (AvgIpc) is 3.08. The molecule has 2 aromatic heterocycles. The maximum absolute atomic E-state index is 13.1. The van der Waals surface area contributed by atoms with Crippen molar-refractivity contribution in [3.8, 4) is 0 Å². The lowest BCUT2D eigenvalue weighted by Crippen LogP contribution is -2.20. The third kappa shape index (κ3) is 4.47. The summed E-state index contributed by atoms with van der Waals surface area (Å²) in [6.07, 6.45) is 1.67. The van der Waals surface area contributed by atoms with Crippen LogP contribution in [0.5, 0.6) is 0 Å². The van der Waals surface area contributed by atoms with E-state index in [1.165, 1.54) is 23.9 Å². The van der Waals surface area contributed by atoms with Crippen molar-refractivity contribution in [2.45, 2.75) is 24.4 Å². The Bertz CT molecular complexity index is 1210. The molecule has 1 N–H and O–H groups in total. The lowest BCUT2D eigenvalue weighted by Gasteiger charge is -2.11. The van der Waals surface area contributed by atoms with Gasteiger partial charge >= 0.3 is 0 Å². The highest BCUT2D eigenvalue weighted by molar-refractivity contribution is 7.98. The van der Waals surface area contributed by atoms with Crippen molar-refractivity contribution in [1.82, 2.24) is 14.5 Å². The van der Waals surface area contributed by atoms with Crippen LogP contribution in [0.2, 0.25) is 5.02 Å². The second kappa shape index (κ2) is 8.85. The van der Waals surface area contributed by atoms with Crippen LogP contribution in [0.3, 0.4) is 0 Å². The molecule has 0 bridgehead atoms. The van der Waals surface area contributed by atoms with Gasteiger partial charge in [0.25, 0.3) is 0 Å². The summed E-state index contributed by atoms with van der Waals surface area (Å²) >= 11 is 7.62. The number of imidazole rings is 1. The summed E-state index contributed by atoms with van der Waals surface area (Å²) in [4.78, 5) is 21.8. The zero-order chi connectivity index (χ0) is 21.1. The summed E-state index contributed by atoms with van der Waals surface area (Å²) in [5, 5.41) is 4.18. The molecular formula is C22H18ClFN4OS. The van der Waals surface area contributed by atoms with E-state index in [2.05, 4.69) is 15.3 Å². The summed E-state index contributed by atoms with van der Waals surface area (Å²) in [6.45, 7) is 1.92. The van der Waals surface area contributed by atoms with E-state index in [0.717, 1.165) is 11.1 Å². The zero-order valence-corrected chi connectivity index (χ0v) is 17.7. The van der Waals surface area contributed by atoms with Gasteiger partial charge < -0.3 is 5.32 Å². The minimum atomic E-state index is -0.270. The fraction of sp³-hybridized carbons (Fsp3) is 0.136. The van der Waals surface area contributed by atoms with Crippen LogP contribution in [-0.2, 0) is 17.1 Å². The third-order valence-electron chi connectivity index (χ3n) is 4.59. The molecule has 2 aromatic carbocycles. The van der Waals surface area contributed by atoms with Crippen molar-refractivity contribution in [2.75, 3.05) is 5.32 Å². The summed E-state index contributed by atoms with van der Waals surface area (Å²) < 4.78 is 14.9. The highest BCUT2D eigenvalue weighted by Crippen LogP contribution is 2.27. The number of carbonyl (C=O) groups excluding carboxylic acids is 1. The Morgan fingerprint density at radius 2 is 1.97 bits per heavy atom. The Morgan fingerprint density at radius 1 is 1.17 bits per heavy atom. The number of carbonyl (C=O) groups is 1. The number of amides is 1. The van der Waals surface area contributed by atoms with E-state index >= 15 is 0 Å². The fourth-order valence-corrected chi connectivity index (χ4v) is 4.13. The van der Waals surface area contributed by atoms with Crippen LogP contribution in [0.4, 0.5) is 10.1 Å². The molecule has 0 aliphatic rings. The van der Waals surface area contributed by atoms with E-state index in [-0.39, 0.29) is 18.3 Å². The van der Waals surface area contributed by atoms with Gasteiger partial charge in [0.1, 0.15) is 17.9 Å². The van der Waals surface area contributed by atoms with E-state index in [1.54, 1.807) is 35.0 Å². The maximum atomic E-state index is 13.1. The molecule has 0 unspecified atom stereocenters. The summed E-state index contributed by atoms with van der Waals surface area (Å²) in [6, 6.07) is 15.4. The molecule has 2 heterocycles. The fourth-order valence-electron chi connectivity index (χ4n) is 3.00. The Morgan fingerprint density at radius 3 is 2.77 bits per heavy atom. The number of benzene rings is 2. The summed E-state index contributed by atoms with van der Waals surface area (Å²) in [5.41, 5.74) is 3.80. The second-order valence-corrected chi connectivity index (χ2v) is 8.05. The van der Waals surface area contributed by atoms with Crippen LogP contribution in [0.25, 0.3) is 11.2 Å². The molecular weight excluding hydrogens is 423 g/mol. The zero-order valence-electron chi connectivity index (χ0n) is 16.1. The number of fused-ring (bicyclic) bond motifs is 1. The van der Waals surface area contributed by atoms with Crippen molar-refractivity contribution in [2.24, 2.45) is 0 Å². The van der Waals surface area contributed by atoms with Gasteiger partial charge in [-0.1, -0.05) is 41.6 Å².